The molecular formula is C24H33N5O2. The molecule has 1 aromatic carbocycles. The number of nitrogens with one attached hydrogen (secondary N) is 2. The Kier molecular flexibility index (Phi) is 7.50. The second-order valence-corrected chi connectivity index (χ2v) is 8.45. The van der Waals surface area contributed by atoms with Gasteiger partial charge < -0.3 is 20.1 Å². The topological polar surface area (TPSA) is 78.7 Å². The molecule has 0 bridgehead atoms. The minimum absolute atomic E-state index is 0.00380. The van der Waals surface area contributed by atoms with Crippen molar-refractivity contribution in [2.24, 2.45) is 10.4 Å². The zero-order valence-electron chi connectivity index (χ0n) is 18.7. The number of benzene rings is 1. The van der Waals surface area contributed by atoms with Gasteiger partial charge in [-0.2, -0.15) is 0 Å². The first-order valence-corrected chi connectivity index (χ1v) is 10.8. The van der Waals surface area contributed by atoms with Gasteiger partial charge >= 0.3 is 0 Å². The number of aromatic nitrogens is 1. The Morgan fingerprint density at radius 2 is 1.74 bits per heavy atom. The third-order valence-corrected chi connectivity index (χ3v) is 5.97. The van der Waals surface area contributed by atoms with Crippen molar-refractivity contribution in [1.29, 1.82) is 0 Å². The fraction of sp³-hybridized carbons (Fsp3) is 0.458. The Balaban J connectivity index is 1.54. The smallest absolute Gasteiger partial charge is 0.250 e. The molecule has 7 heteroatoms. The molecule has 1 saturated carbocycles. The lowest BCUT2D eigenvalue weighted by molar-refractivity contribution is -0.138. The van der Waals surface area contributed by atoms with Gasteiger partial charge in [0.15, 0.2) is 5.96 Å². The monoisotopic (exact) mass is 423 g/mol. The summed E-state index contributed by atoms with van der Waals surface area (Å²) < 4.78 is 1.69. The number of guanidine groups is 1. The molecule has 0 spiro atoms. The Morgan fingerprint density at radius 1 is 1.06 bits per heavy atom. The maximum absolute atomic E-state index is 12.7. The van der Waals surface area contributed by atoms with Crippen LogP contribution in [0.5, 0.6) is 0 Å². The van der Waals surface area contributed by atoms with Gasteiger partial charge in [-0.3, -0.25) is 14.6 Å². The standard InChI is InChI=1S/C24H33N5O2/c1-25-23(27-18-24(13-5-6-14-24)22(31)28(2)3)26-16-19-9-11-20(12-10-19)17-29-15-7-4-8-21(29)30/h4,7-12,15H,5-6,13-14,16-18H2,1-3H3,(H2,25,26,27). The van der Waals surface area contributed by atoms with Gasteiger partial charge in [0.2, 0.25) is 5.91 Å². The van der Waals surface area contributed by atoms with Gasteiger partial charge in [-0.15, -0.1) is 0 Å². The number of amides is 1. The minimum atomic E-state index is -0.335. The SMILES string of the molecule is CN=C(NCc1ccc(Cn2ccccc2=O)cc1)NCC1(C(=O)N(C)C)CCCC1. The highest BCUT2D eigenvalue weighted by atomic mass is 16.2. The zero-order chi connectivity index (χ0) is 22.3. The maximum atomic E-state index is 12.7. The summed E-state index contributed by atoms with van der Waals surface area (Å²) in [6.07, 6.45) is 5.81. The number of rotatable bonds is 7. The van der Waals surface area contributed by atoms with Crippen molar-refractivity contribution in [3.05, 3.63) is 70.1 Å². The molecule has 1 aromatic heterocycles. The van der Waals surface area contributed by atoms with E-state index in [1.165, 1.54) is 0 Å². The average molecular weight is 424 g/mol. The molecule has 3 rings (SSSR count). The number of aliphatic imine (C=N–C) groups is 1. The molecule has 2 N–H and O–H groups in total. The highest BCUT2D eigenvalue weighted by Gasteiger charge is 2.42. The van der Waals surface area contributed by atoms with Gasteiger partial charge in [0.25, 0.3) is 5.56 Å². The molecule has 0 aliphatic heterocycles. The Bertz CT molecular complexity index is 956. The van der Waals surface area contributed by atoms with Crippen LogP contribution in [0.1, 0.15) is 36.8 Å². The van der Waals surface area contributed by atoms with Crippen molar-refractivity contribution in [3.8, 4) is 0 Å². The summed E-state index contributed by atoms with van der Waals surface area (Å²) >= 11 is 0. The zero-order valence-corrected chi connectivity index (χ0v) is 18.7. The number of hydrogen-bond donors (Lipinski definition) is 2. The van der Waals surface area contributed by atoms with Gasteiger partial charge in [0, 0.05) is 46.5 Å². The first kappa shape index (κ1) is 22.6. The van der Waals surface area contributed by atoms with E-state index >= 15 is 0 Å². The summed E-state index contributed by atoms with van der Waals surface area (Å²) in [5, 5.41) is 6.69. The summed E-state index contributed by atoms with van der Waals surface area (Å²) in [4.78, 5) is 30.6. The second kappa shape index (κ2) is 10.3. The lowest BCUT2D eigenvalue weighted by Crippen LogP contribution is -2.49. The Morgan fingerprint density at radius 3 is 2.35 bits per heavy atom. The van der Waals surface area contributed by atoms with E-state index in [-0.39, 0.29) is 16.9 Å². The van der Waals surface area contributed by atoms with Crippen LogP contribution in [-0.2, 0) is 17.9 Å². The molecule has 2 aromatic rings. The van der Waals surface area contributed by atoms with E-state index in [1.807, 2.05) is 32.3 Å². The lowest BCUT2D eigenvalue weighted by atomic mass is 9.84. The third-order valence-electron chi connectivity index (χ3n) is 5.97. The fourth-order valence-corrected chi connectivity index (χ4v) is 4.20. The van der Waals surface area contributed by atoms with Crippen LogP contribution in [0, 0.1) is 5.41 Å². The number of pyridine rings is 1. The highest BCUT2D eigenvalue weighted by molar-refractivity contribution is 5.85. The number of nitrogens with zero attached hydrogens (tertiary/aromatic N) is 3. The van der Waals surface area contributed by atoms with Crippen molar-refractivity contribution in [3.63, 3.8) is 0 Å². The Hall–Kier alpha value is -3.09. The van der Waals surface area contributed by atoms with Crippen LogP contribution in [-0.4, -0.2) is 49.0 Å². The van der Waals surface area contributed by atoms with Crippen LogP contribution in [0.4, 0.5) is 0 Å². The molecule has 1 amide bonds. The molecule has 0 atom stereocenters. The molecule has 31 heavy (non-hydrogen) atoms. The van der Waals surface area contributed by atoms with E-state index in [0.717, 1.165) is 36.8 Å². The van der Waals surface area contributed by atoms with Crippen molar-refractivity contribution in [1.82, 2.24) is 20.1 Å². The third kappa shape index (κ3) is 5.75. The summed E-state index contributed by atoms with van der Waals surface area (Å²) in [5.74, 6) is 0.888. The number of hydrogen-bond acceptors (Lipinski definition) is 3. The molecule has 7 nitrogen and oxygen atoms in total. The Labute approximate surface area is 184 Å². The predicted octanol–water partition coefficient (Wildman–Crippen LogP) is 2.21. The molecular weight excluding hydrogens is 390 g/mol. The summed E-state index contributed by atoms with van der Waals surface area (Å²) in [6, 6.07) is 13.4. The molecule has 166 valence electrons. The van der Waals surface area contributed by atoms with Crippen molar-refractivity contribution < 1.29 is 4.79 Å². The molecule has 1 aliphatic carbocycles. The van der Waals surface area contributed by atoms with Crippen LogP contribution >= 0.6 is 0 Å². The van der Waals surface area contributed by atoms with Crippen molar-refractivity contribution in [2.75, 3.05) is 27.7 Å². The maximum Gasteiger partial charge on any atom is 0.250 e. The molecule has 1 heterocycles. The van der Waals surface area contributed by atoms with E-state index in [1.54, 1.807) is 34.8 Å². The van der Waals surface area contributed by atoms with E-state index in [4.69, 9.17) is 0 Å². The van der Waals surface area contributed by atoms with Crippen LogP contribution in [0.3, 0.4) is 0 Å². The average Bonchev–Trinajstić information content (AvgIpc) is 3.26. The van der Waals surface area contributed by atoms with Gasteiger partial charge in [-0.25, -0.2) is 0 Å². The van der Waals surface area contributed by atoms with Gasteiger partial charge in [0.05, 0.1) is 12.0 Å². The van der Waals surface area contributed by atoms with Crippen LogP contribution < -0.4 is 16.2 Å². The summed E-state index contributed by atoms with van der Waals surface area (Å²) in [6.45, 7) is 1.77. The van der Waals surface area contributed by atoms with Crippen LogP contribution in [0.25, 0.3) is 0 Å². The molecule has 1 fully saturated rings. The van der Waals surface area contributed by atoms with E-state index < -0.39 is 0 Å². The minimum Gasteiger partial charge on any atom is -0.355 e. The first-order chi connectivity index (χ1) is 14.9. The van der Waals surface area contributed by atoms with Crippen molar-refractivity contribution in [2.45, 2.75) is 38.8 Å². The molecule has 0 unspecified atom stereocenters. The molecule has 0 radical (unpaired) electrons. The molecule has 1 aliphatic rings. The van der Waals surface area contributed by atoms with E-state index in [2.05, 4.69) is 27.8 Å². The first-order valence-electron chi connectivity index (χ1n) is 10.8. The summed E-state index contributed by atoms with van der Waals surface area (Å²) in [5.41, 5.74) is 1.85. The molecule has 0 saturated heterocycles. The largest absolute Gasteiger partial charge is 0.355 e. The van der Waals surface area contributed by atoms with Crippen molar-refractivity contribution >= 4 is 11.9 Å². The van der Waals surface area contributed by atoms with Crippen LogP contribution in [0.15, 0.2) is 58.4 Å². The second-order valence-electron chi connectivity index (χ2n) is 8.45. The van der Waals surface area contributed by atoms with E-state index in [0.29, 0.717) is 25.6 Å². The number of carbonyl (C=O) groups excluding carboxylic acids is 1. The van der Waals surface area contributed by atoms with Gasteiger partial charge in [-0.05, 0) is 30.0 Å². The number of carbonyl (C=O) groups is 1. The van der Waals surface area contributed by atoms with Crippen LogP contribution in [0.2, 0.25) is 0 Å². The summed E-state index contributed by atoms with van der Waals surface area (Å²) in [7, 11) is 5.39. The van der Waals surface area contributed by atoms with Gasteiger partial charge in [0.1, 0.15) is 0 Å². The van der Waals surface area contributed by atoms with Gasteiger partial charge in [-0.1, -0.05) is 43.2 Å². The lowest BCUT2D eigenvalue weighted by Gasteiger charge is -2.31. The predicted molar refractivity (Wildman–Crippen MR) is 124 cm³/mol. The normalized spacial score (nSPS) is 15.5. The van der Waals surface area contributed by atoms with E-state index in [9.17, 15) is 9.59 Å². The highest BCUT2D eigenvalue weighted by Crippen LogP contribution is 2.38. The quantitative estimate of drug-likeness (QED) is 0.529. The fourth-order valence-electron chi connectivity index (χ4n) is 4.20.